The zero-order chi connectivity index (χ0) is 21.7. The first-order valence-electron chi connectivity index (χ1n) is 8.79. The predicted molar refractivity (Wildman–Crippen MR) is 115 cm³/mol. The molecule has 0 aliphatic rings. The first-order valence-corrected chi connectivity index (χ1v) is 9.20. The minimum atomic E-state index is -0.537. The maximum atomic E-state index is 10.8. The van der Waals surface area contributed by atoms with Crippen molar-refractivity contribution in [2.24, 2.45) is 0 Å². The summed E-state index contributed by atoms with van der Waals surface area (Å²) in [6.45, 7) is 0.894. The van der Waals surface area contributed by atoms with Crippen molar-refractivity contribution < 1.29 is 14.4 Å². The fourth-order valence-electron chi connectivity index (χ4n) is 2.89. The van der Waals surface area contributed by atoms with Gasteiger partial charge in [0.2, 0.25) is 0 Å². The first kappa shape index (κ1) is 20.8. The zero-order valence-electron chi connectivity index (χ0n) is 16.2. The number of nitrogens with one attached hydrogen (secondary N) is 3. The Bertz CT molecular complexity index is 1200. The quantitative estimate of drug-likeness (QED) is 0.213. The Balaban J connectivity index is 1.76. The third-order valence-electron chi connectivity index (χ3n) is 4.30. The molecule has 0 atom stereocenters. The van der Waals surface area contributed by atoms with Crippen LogP contribution in [0.25, 0.3) is 10.9 Å². The van der Waals surface area contributed by atoms with Gasteiger partial charge in [0, 0.05) is 36.7 Å². The van der Waals surface area contributed by atoms with Gasteiger partial charge >= 0.3 is 0 Å². The molecular formula is C19H18N6O4S. The summed E-state index contributed by atoms with van der Waals surface area (Å²) in [6, 6.07) is 9.64. The Morgan fingerprint density at radius 1 is 1.20 bits per heavy atom. The molecule has 30 heavy (non-hydrogen) atoms. The summed E-state index contributed by atoms with van der Waals surface area (Å²) >= 11 is 5.20. The highest BCUT2D eigenvalue weighted by atomic mass is 32.1. The lowest BCUT2D eigenvalue weighted by Crippen LogP contribution is -2.15. The average molecular weight is 426 g/mol. The van der Waals surface area contributed by atoms with E-state index in [1.54, 1.807) is 26.4 Å². The van der Waals surface area contributed by atoms with E-state index >= 15 is 0 Å². The minimum absolute atomic E-state index is 0.131. The van der Waals surface area contributed by atoms with Gasteiger partial charge in [0.1, 0.15) is 11.9 Å². The molecule has 0 unspecified atom stereocenters. The van der Waals surface area contributed by atoms with Gasteiger partial charge in [-0.3, -0.25) is 10.1 Å². The van der Waals surface area contributed by atoms with Crippen molar-refractivity contribution in [1.82, 2.24) is 9.97 Å². The largest absolute Gasteiger partial charge is 0.493 e. The number of aromatic nitrogens is 2. The highest BCUT2D eigenvalue weighted by Gasteiger charge is 2.12. The number of fused-ring (bicyclic) bond motifs is 1. The van der Waals surface area contributed by atoms with Crippen LogP contribution >= 0.6 is 12.2 Å². The molecular weight excluding hydrogens is 408 g/mol. The third-order valence-corrected chi connectivity index (χ3v) is 4.49. The number of nitro groups is 1. The van der Waals surface area contributed by atoms with Gasteiger partial charge in [0.05, 0.1) is 35.9 Å². The third kappa shape index (κ3) is 4.39. The molecule has 154 valence electrons. The second-order valence-electron chi connectivity index (χ2n) is 6.10. The fourth-order valence-corrected chi connectivity index (χ4v) is 3.09. The minimum Gasteiger partial charge on any atom is -0.493 e. The van der Waals surface area contributed by atoms with Gasteiger partial charge in [-0.2, -0.15) is 5.26 Å². The summed E-state index contributed by atoms with van der Waals surface area (Å²) < 4.78 is 11.0. The van der Waals surface area contributed by atoms with Crippen LogP contribution in [0.1, 0.15) is 5.56 Å². The summed E-state index contributed by atoms with van der Waals surface area (Å²) in [5.41, 5.74) is 1.32. The Labute approximate surface area is 176 Å². The Kier molecular flexibility index (Phi) is 6.29. The standard InChI is InChI=1S/C19H18N6O4S/c1-28-16-8-13-15(9-17(16)29-2)23-19(30)24-18(13)22-6-5-21-14-4-3-12(25(26)27)7-11(14)10-20/h3-4,7-9,21H,5-6H2,1-2H3,(H2,22,23,24,30). The van der Waals surface area contributed by atoms with E-state index in [2.05, 4.69) is 20.6 Å². The molecule has 3 aromatic rings. The zero-order valence-corrected chi connectivity index (χ0v) is 17.0. The summed E-state index contributed by atoms with van der Waals surface area (Å²) in [6.07, 6.45) is 0. The number of nitriles is 1. The molecule has 11 heteroatoms. The van der Waals surface area contributed by atoms with E-state index in [1.807, 2.05) is 6.07 Å². The number of rotatable bonds is 8. The average Bonchev–Trinajstić information content (AvgIpc) is 2.75. The van der Waals surface area contributed by atoms with Crippen LogP contribution in [0.15, 0.2) is 30.3 Å². The summed E-state index contributed by atoms with van der Waals surface area (Å²) in [5.74, 6) is 1.69. The van der Waals surface area contributed by atoms with E-state index in [9.17, 15) is 15.4 Å². The van der Waals surface area contributed by atoms with Gasteiger partial charge in [-0.1, -0.05) is 0 Å². The second kappa shape index (κ2) is 9.06. The normalized spacial score (nSPS) is 10.3. The molecule has 0 bridgehead atoms. The molecule has 0 aliphatic heterocycles. The number of ether oxygens (including phenoxy) is 2. The predicted octanol–water partition coefficient (Wildman–Crippen LogP) is 3.61. The van der Waals surface area contributed by atoms with Crippen molar-refractivity contribution >= 4 is 40.3 Å². The number of aromatic amines is 1. The van der Waals surface area contributed by atoms with Crippen molar-refractivity contribution in [3.05, 3.63) is 50.8 Å². The lowest BCUT2D eigenvalue weighted by atomic mass is 10.1. The molecule has 0 aliphatic carbocycles. The summed E-state index contributed by atoms with van der Waals surface area (Å²) in [5, 5.41) is 27.1. The van der Waals surface area contributed by atoms with Crippen LogP contribution in [0, 0.1) is 26.2 Å². The monoisotopic (exact) mass is 426 g/mol. The molecule has 0 spiro atoms. The molecule has 3 N–H and O–H groups in total. The van der Waals surface area contributed by atoms with E-state index in [-0.39, 0.29) is 11.3 Å². The van der Waals surface area contributed by atoms with Gasteiger partial charge < -0.3 is 25.1 Å². The van der Waals surface area contributed by atoms with E-state index in [1.165, 1.54) is 18.2 Å². The van der Waals surface area contributed by atoms with E-state index in [4.69, 9.17) is 21.7 Å². The van der Waals surface area contributed by atoms with Crippen LogP contribution in [0.3, 0.4) is 0 Å². The second-order valence-corrected chi connectivity index (χ2v) is 6.48. The maximum Gasteiger partial charge on any atom is 0.270 e. The van der Waals surface area contributed by atoms with Crippen LogP contribution < -0.4 is 20.1 Å². The van der Waals surface area contributed by atoms with Gasteiger partial charge in [-0.25, -0.2) is 4.98 Å². The van der Waals surface area contributed by atoms with Gasteiger partial charge in [0.25, 0.3) is 5.69 Å². The number of non-ortho nitro benzene ring substituents is 1. The number of nitro benzene ring substituents is 1. The number of hydrogen-bond donors (Lipinski definition) is 3. The summed E-state index contributed by atoms with van der Waals surface area (Å²) in [4.78, 5) is 17.7. The lowest BCUT2D eigenvalue weighted by Gasteiger charge is -2.13. The van der Waals surface area contributed by atoms with Crippen molar-refractivity contribution in [2.45, 2.75) is 0 Å². The number of anilines is 2. The number of methoxy groups -OCH3 is 2. The topological polar surface area (TPSA) is 138 Å². The molecule has 1 heterocycles. The van der Waals surface area contributed by atoms with Gasteiger partial charge in [-0.15, -0.1) is 0 Å². The smallest absolute Gasteiger partial charge is 0.270 e. The fraction of sp³-hybridized carbons (Fsp3) is 0.211. The summed E-state index contributed by atoms with van der Waals surface area (Å²) in [7, 11) is 3.11. The van der Waals surface area contributed by atoms with E-state index in [0.717, 1.165) is 10.9 Å². The highest BCUT2D eigenvalue weighted by Crippen LogP contribution is 2.33. The maximum absolute atomic E-state index is 10.8. The molecule has 0 amide bonds. The lowest BCUT2D eigenvalue weighted by molar-refractivity contribution is -0.384. The van der Waals surface area contributed by atoms with Crippen LogP contribution in [-0.4, -0.2) is 42.2 Å². The molecule has 0 saturated carbocycles. The highest BCUT2D eigenvalue weighted by molar-refractivity contribution is 7.71. The van der Waals surface area contributed by atoms with E-state index in [0.29, 0.717) is 40.9 Å². The van der Waals surface area contributed by atoms with Crippen molar-refractivity contribution in [3.63, 3.8) is 0 Å². The SMILES string of the molecule is COc1cc2[nH]c(=S)nc(NCCNc3ccc([N+](=O)[O-])cc3C#N)c2cc1OC. The molecule has 1 aromatic heterocycles. The van der Waals surface area contributed by atoms with Crippen molar-refractivity contribution in [2.75, 3.05) is 37.9 Å². The molecule has 0 fully saturated rings. The molecule has 3 rings (SSSR count). The first-order chi connectivity index (χ1) is 14.5. The van der Waals surface area contributed by atoms with Crippen LogP contribution in [0.2, 0.25) is 0 Å². The van der Waals surface area contributed by atoms with Crippen LogP contribution in [0.5, 0.6) is 11.5 Å². The Hall–Kier alpha value is -3.91. The molecule has 0 radical (unpaired) electrons. The Morgan fingerprint density at radius 3 is 2.57 bits per heavy atom. The number of nitrogens with zero attached hydrogens (tertiary/aromatic N) is 3. The van der Waals surface area contributed by atoms with Gasteiger partial charge in [0.15, 0.2) is 16.3 Å². The molecule has 2 aromatic carbocycles. The van der Waals surface area contributed by atoms with Crippen LogP contribution in [-0.2, 0) is 0 Å². The number of benzene rings is 2. The van der Waals surface area contributed by atoms with Crippen LogP contribution in [0.4, 0.5) is 17.2 Å². The van der Waals surface area contributed by atoms with E-state index < -0.39 is 4.92 Å². The molecule has 10 nitrogen and oxygen atoms in total. The van der Waals surface area contributed by atoms with Gasteiger partial charge in [-0.05, 0) is 24.4 Å². The number of hydrogen-bond acceptors (Lipinski definition) is 9. The van der Waals surface area contributed by atoms with Crippen molar-refractivity contribution in [3.8, 4) is 17.6 Å². The molecule has 0 saturated heterocycles. The Morgan fingerprint density at radius 2 is 1.90 bits per heavy atom. The van der Waals surface area contributed by atoms with Crippen molar-refractivity contribution in [1.29, 1.82) is 5.26 Å². The number of H-pyrrole nitrogens is 1.